The highest BCUT2D eigenvalue weighted by Gasteiger charge is 2.26. The molecular formula is C17H13N3O4. The molecule has 0 unspecified atom stereocenters. The second-order valence-electron chi connectivity index (χ2n) is 5.18. The smallest absolute Gasteiger partial charge is 0.337 e. The van der Waals surface area contributed by atoms with Gasteiger partial charge in [-0.3, -0.25) is 9.59 Å². The fourth-order valence-corrected chi connectivity index (χ4v) is 2.43. The van der Waals surface area contributed by atoms with Crippen LogP contribution in [0.15, 0.2) is 42.1 Å². The van der Waals surface area contributed by atoms with Crippen LogP contribution in [0.25, 0.3) is 11.3 Å². The van der Waals surface area contributed by atoms with E-state index in [1.807, 2.05) is 0 Å². The molecule has 0 atom stereocenters. The summed E-state index contributed by atoms with van der Waals surface area (Å²) < 4.78 is 4.68. The van der Waals surface area contributed by atoms with Crippen molar-refractivity contribution in [2.45, 2.75) is 0 Å². The van der Waals surface area contributed by atoms with Gasteiger partial charge in [0.25, 0.3) is 0 Å². The van der Waals surface area contributed by atoms with Gasteiger partial charge in [0.2, 0.25) is 5.78 Å². The van der Waals surface area contributed by atoms with E-state index >= 15 is 0 Å². The number of nitrogen functional groups attached to an aromatic ring is 1. The van der Waals surface area contributed by atoms with Gasteiger partial charge >= 0.3 is 5.97 Å². The number of pyridine rings is 1. The van der Waals surface area contributed by atoms with Crippen molar-refractivity contribution in [2.24, 2.45) is 5.73 Å². The summed E-state index contributed by atoms with van der Waals surface area (Å²) in [6.07, 6.45) is 1.08. The average molecular weight is 323 g/mol. The van der Waals surface area contributed by atoms with Crippen LogP contribution in [-0.4, -0.2) is 29.6 Å². The van der Waals surface area contributed by atoms with Crippen LogP contribution < -0.4 is 11.5 Å². The van der Waals surface area contributed by atoms with Gasteiger partial charge < -0.3 is 16.2 Å². The maximum absolute atomic E-state index is 12.1. The van der Waals surface area contributed by atoms with E-state index in [9.17, 15) is 14.4 Å². The second kappa shape index (κ2) is 5.62. The quantitative estimate of drug-likeness (QED) is 0.631. The zero-order chi connectivity index (χ0) is 17.4. The highest BCUT2D eigenvalue weighted by atomic mass is 16.5. The highest BCUT2D eigenvalue weighted by Crippen LogP contribution is 2.28. The van der Waals surface area contributed by atoms with Crippen molar-refractivity contribution in [3.63, 3.8) is 0 Å². The van der Waals surface area contributed by atoms with E-state index in [2.05, 4.69) is 9.72 Å². The van der Waals surface area contributed by atoms with E-state index < -0.39 is 11.8 Å². The number of carbonyl (C=O) groups is 3. The molecule has 0 fully saturated rings. The maximum atomic E-state index is 12.1. The van der Waals surface area contributed by atoms with Crippen molar-refractivity contribution in [3.8, 4) is 11.3 Å². The number of nitrogens with two attached hydrogens (primary N) is 2. The van der Waals surface area contributed by atoms with E-state index in [1.54, 1.807) is 12.1 Å². The van der Waals surface area contributed by atoms with E-state index in [1.165, 1.54) is 25.3 Å². The van der Waals surface area contributed by atoms with Crippen LogP contribution in [0, 0.1) is 0 Å². The van der Waals surface area contributed by atoms with Crippen LogP contribution in [0.3, 0.4) is 0 Å². The van der Waals surface area contributed by atoms with Gasteiger partial charge in [0.15, 0.2) is 5.78 Å². The number of aromatic nitrogens is 1. The zero-order valence-corrected chi connectivity index (χ0v) is 12.7. The predicted molar refractivity (Wildman–Crippen MR) is 86.4 cm³/mol. The molecule has 0 saturated carbocycles. The average Bonchev–Trinajstić information content (AvgIpc) is 2.59. The number of hydrogen-bond donors (Lipinski definition) is 2. The zero-order valence-electron chi connectivity index (χ0n) is 12.7. The van der Waals surface area contributed by atoms with Gasteiger partial charge in [-0.05, 0) is 30.3 Å². The maximum Gasteiger partial charge on any atom is 0.337 e. The minimum Gasteiger partial charge on any atom is -0.465 e. The number of benzene rings is 1. The molecule has 0 spiro atoms. The Kier molecular flexibility index (Phi) is 3.61. The molecule has 7 nitrogen and oxygen atoms in total. The lowest BCUT2D eigenvalue weighted by Gasteiger charge is -2.14. The van der Waals surface area contributed by atoms with Gasteiger partial charge in [-0.15, -0.1) is 0 Å². The van der Waals surface area contributed by atoms with Crippen molar-refractivity contribution in [3.05, 3.63) is 58.9 Å². The number of anilines is 1. The Labute approximate surface area is 136 Å². The SMILES string of the molecule is COC(=O)c1ccc(N)c(-c2ccc3c(n2)C(=O)C(N)=CC3=O)c1. The van der Waals surface area contributed by atoms with Crippen LogP contribution in [0.2, 0.25) is 0 Å². The molecule has 4 N–H and O–H groups in total. The Morgan fingerprint density at radius 1 is 1.08 bits per heavy atom. The topological polar surface area (TPSA) is 125 Å². The highest BCUT2D eigenvalue weighted by molar-refractivity contribution is 6.23. The molecule has 1 heterocycles. The van der Waals surface area contributed by atoms with Crippen LogP contribution >= 0.6 is 0 Å². The Hall–Kier alpha value is -3.48. The van der Waals surface area contributed by atoms with Crippen LogP contribution in [-0.2, 0) is 4.74 Å². The number of fused-ring (bicyclic) bond motifs is 1. The number of allylic oxidation sites excluding steroid dienone is 2. The summed E-state index contributed by atoms with van der Waals surface area (Å²) in [5.41, 5.74) is 13.0. The van der Waals surface area contributed by atoms with Crippen LogP contribution in [0.1, 0.15) is 31.2 Å². The lowest BCUT2D eigenvalue weighted by molar-refractivity contribution is 0.0600. The number of esters is 1. The molecule has 24 heavy (non-hydrogen) atoms. The first-order valence-electron chi connectivity index (χ1n) is 6.98. The number of hydrogen-bond acceptors (Lipinski definition) is 7. The van der Waals surface area contributed by atoms with Crippen LogP contribution in [0.5, 0.6) is 0 Å². The third kappa shape index (κ3) is 2.41. The molecule has 0 amide bonds. The standard InChI is InChI=1S/C17H13N3O4/c1-24-17(23)8-2-4-11(18)10(6-8)13-5-3-9-14(21)7-12(19)16(22)15(9)20-13/h2-7H,18-19H2,1H3. The molecule has 0 saturated heterocycles. The molecule has 0 radical (unpaired) electrons. The third-order valence-electron chi connectivity index (χ3n) is 3.67. The van der Waals surface area contributed by atoms with Crippen molar-refractivity contribution in [2.75, 3.05) is 12.8 Å². The van der Waals surface area contributed by atoms with Gasteiger partial charge in [-0.1, -0.05) is 0 Å². The summed E-state index contributed by atoms with van der Waals surface area (Å²) in [7, 11) is 1.27. The summed E-state index contributed by atoms with van der Waals surface area (Å²) in [6.45, 7) is 0. The van der Waals surface area contributed by atoms with Crippen molar-refractivity contribution < 1.29 is 19.1 Å². The van der Waals surface area contributed by atoms with Gasteiger partial charge in [0.05, 0.1) is 29.6 Å². The summed E-state index contributed by atoms with van der Waals surface area (Å²) in [5, 5.41) is 0. The van der Waals surface area contributed by atoms with E-state index in [0.29, 0.717) is 22.5 Å². The van der Waals surface area contributed by atoms with E-state index in [-0.39, 0.29) is 22.7 Å². The lowest BCUT2D eigenvalue weighted by Crippen LogP contribution is -2.23. The van der Waals surface area contributed by atoms with Gasteiger partial charge in [0.1, 0.15) is 5.69 Å². The first kappa shape index (κ1) is 15.4. The first-order chi connectivity index (χ1) is 11.4. The fraction of sp³-hybridized carbons (Fsp3) is 0.0588. The Balaban J connectivity index is 2.15. The summed E-state index contributed by atoms with van der Waals surface area (Å²) in [4.78, 5) is 39.9. The number of Topliss-reactive ketones (excluding diaryl/α,β-unsaturated/α-hetero) is 1. The largest absolute Gasteiger partial charge is 0.465 e. The van der Waals surface area contributed by atoms with E-state index in [4.69, 9.17) is 11.5 Å². The minimum absolute atomic E-state index is 0.0274. The van der Waals surface area contributed by atoms with Crippen LogP contribution in [0.4, 0.5) is 5.69 Å². The normalized spacial score (nSPS) is 13.3. The number of rotatable bonds is 2. The molecule has 3 rings (SSSR count). The number of ketones is 2. The summed E-state index contributed by atoms with van der Waals surface area (Å²) in [6, 6.07) is 7.64. The molecule has 1 aromatic heterocycles. The molecule has 7 heteroatoms. The van der Waals surface area contributed by atoms with E-state index in [0.717, 1.165) is 6.08 Å². The lowest BCUT2D eigenvalue weighted by atomic mass is 9.96. The van der Waals surface area contributed by atoms with Crippen molar-refractivity contribution in [1.82, 2.24) is 4.98 Å². The third-order valence-corrected chi connectivity index (χ3v) is 3.67. The molecule has 2 aromatic rings. The molecule has 0 bridgehead atoms. The van der Waals surface area contributed by atoms with Gasteiger partial charge in [-0.25, -0.2) is 9.78 Å². The van der Waals surface area contributed by atoms with Gasteiger partial charge in [0, 0.05) is 17.3 Å². The molecule has 1 aliphatic carbocycles. The number of nitrogens with zero attached hydrogens (tertiary/aromatic N) is 1. The van der Waals surface area contributed by atoms with Crippen molar-refractivity contribution in [1.29, 1.82) is 0 Å². The number of carbonyl (C=O) groups excluding carboxylic acids is 3. The minimum atomic E-state index is -0.521. The first-order valence-corrected chi connectivity index (χ1v) is 6.98. The number of ether oxygens (including phenoxy) is 1. The molecule has 1 aromatic carbocycles. The van der Waals surface area contributed by atoms with Gasteiger partial charge in [-0.2, -0.15) is 0 Å². The fourth-order valence-electron chi connectivity index (χ4n) is 2.43. The Morgan fingerprint density at radius 2 is 1.83 bits per heavy atom. The molecule has 120 valence electrons. The monoisotopic (exact) mass is 323 g/mol. The Morgan fingerprint density at radius 3 is 2.54 bits per heavy atom. The Bertz CT molecular complexity index is 931. The molecule has 0 aliphatic heterocycles. The predicted octanol–water partition coefficient (Wildman–Crippen LogP) is 1.34. The summed E-state index contributed by atoms with van der Waals surface area (Å²) >= 11 is 0. The van der Waals surface area contributed by atoms with Crippen molar-refractivity contribution >= 4 is 23.2 Å². The molecule has 1 aliphatic rings. The summed E-state index contributed by atoms with van der Waals surface area (Å²) in [5.74, 6) is -1.42. The second-order valence-corrected chi connectivity index (χ2v) is 5.18. The molecular weight excluding hydrogens is 310 g/mol. The number of methoxy groups -OCH3 is 1.